The Bertz CT molecular complexity index is 989. The standard InChI is InChI=1S/C21H28N6O3S/c1-14(2)17-11-19(30-25-17)22-18(28)13-31-21-24-23-20(26-8-6-15(3)7-9-26)27(21)12-16-5-4-10-29-16/h4-5,10-11,14-15H,6-9,12-13H2,1-3H3,(H,22,28). The molecule has 0 spiro atoms. The molecule has 10 heteroatoms. The van der Waals surface area contributed by atoms with Crippen LogP contribution in [0.3, 0.4) is 0 Å². The summed E-state index contributed by atoms with van der Waals surface area (Å²) in [4.78, 5) is 14.7. The molecule has 9 nitrogen and oxygen atoms in total. The van der Waals surface area contributed by atoms with Gasteiger partial charge < -0.3 is 13.8 Å². The van der Waals surface area contributed by atoms with Gasteiger partial charge in [-0.15, -0.1) is 10.2 Å². The van der Waals surface area contributed by atoms with E-state index in [0.717, 1.165) is 49.3 Å². The molecule has 0 aromatic carbocycles. The Morgan fingerprint density at radius 3 is 2.81 bits per heavy atom. The van der Waals surface area contributed by atoms with Crippen LogP contribution in [0.4, 0.5) is 11.8 Å². The van der Waals surface area contributed by atoms with E-state index in [1.165, 1.54) is 11.8 Å². The van der Waals surface area contributed by atoms with Crippen molar-refractivity contribution in [1.29, 1.82) is 0 Å². The Labute approximate surface area is 185 Å². The number of hydrogen-bond donors (Lipinski definition) is 1. The van der Waals surface area contributed by atoms with E-state index in [9.17, 15) is 4.79 Å². The van der Waals surface area contributed by atoms with Crippen LogP contribution in [0, 0.1) is 5.92 Å². The number of nitrogens with zero attached hydrogens (tertiary/aromatic N) is 5. The van der Waals surface area contributed by atoms with Crippen molar-refractivity contribution in [3.8, 4) is 0 Å². The molecule has 0 atom stereocenters. The zero-order valence-corrected chi connectivity index (χ0v) is 18.9. The van der Waals surface area contributed by atoms with Gasteiger partial charge in [0, 0.05) is 19.2 Å². The van der Waals surface area contributed by atoms with Crippen LogP contribution in [0.15, 0.2) is 38.6 Å². The molecule has 0 saturated carbocycles. The molecular formula is C21H28N6O3S. The zero-order valence-electron chi connectivity index (χ0n) is 18.1. The average Bonchev–Trinajstić information content (AvgIpc) is 3.49. The van der Waals surface area contributed by atoms with Gasteiger partial charge >= 0.3 is 0 Å². The second-order valence-corrected chi connectivity index (χ2v) is 9.17. The first-order valence-corrected chi connectivity index (χ1v) is 11.6. The van der Waals surface area contributed by atoms with Crippen molar-refractivity contribution in [1.82, 2.24) is 19.9 Å². The molecule has 166 valence electrons. The molecule has 1 fully saturated rings. The molecule has 1 aliphatic rings. The van der Waals surface area contributed by atoms with Crippen molar-refractivity contribution < 1.29 is 13.7 Å². The largest absolute Gasteiger partial charge is 0.467 e. The number of anilines is 2. The second kappa shape index (κ2) is 9.59. The van der Waals surface area contributed by atoms with Gasteiger partial charge in [-0.3, -0.25) is 14.7 Å². The number of rotatable bonds is 8. The lowest BCUT2D eigenvalue weighted by atomic mass is 10.00. The van der Waals surface area contributed by atoms with E-state index < -0.39 is 0 Å². The van der Waals surface area contributed by atoms with Crippen LogP contribution in [0.5, 0.6) is 0 Å². The summed E-state index contributed by atoms with van der Waals surface area (Å²) in [6.07, 6.45) is 3.92. The first-order valence-electron chi connectivity index (χ1n) is 10.6. The van der Waals surface area contributed by atoms with Crippen molar-refractivity contribution in [2.24, 2.45) is 5.92 Å². The summed E-state index contributed by atoms with van der Waals surface area (Å²) in [5, 5.41) is 16.2. The lowest BCUT2D eigenvalue weighted by molar-refractivity contribution is -0.113. The predicted octanol–water partition coefficient (Wildman–Crippen LogP) is 4.00. The Morgan fingerprint density at radius 2 is 2.13 bits per heavy atom. The highest BCUT2D eigenvalue weighted by atomic mass is 32.2. The Hall–Kier alpha value is -2.75. The van der Waals surface area contributed by atoms with Gasteiger partial charge in [-0.25, -0.2) is 0 Å². The number of amides is 1. The van der Waals surface area contributed by atoms with E-state index in [-0.39, 0.29) is 17.6 Å². The summed E-state index contributed by atoms with van der Waals surface area (Å²) >= 11 is 1.34. The second-order valence-electron chi connectivity index (χ2n) is 8.23. The molecule has 0 aliphatic carbocycles. The molecule has 3 aromatic heterocycles. The fourth-order valence-corrected chi connectivity index (χ4v) is 4.18. The number of carbonyl (C=O) groups is 1. The van der Waals surface area contributed by atoms with Gasteiger partial charge in [-0.2, -0.15) is 0 Å². The van der Waals surface area contributed by atoms with Gasteiger partial charge in [0.2, 0.25) is 17.7 Å². The lowest BCUT2D eigenvalue weighted by Gasteiger charge is -2.31. The minimum atomic E-state index is -0.183. The van der Waals surface area contributed by atoms with Gasteiger partial charge in [0.15, 0.2) is 5.16 Å². The monoisotopic (exact) mass is 444 g/mol. The van der Waals surface area contributed by atoms with Crippen molar-refractivity contribution in [3.63, 3.8) is 0 Å². The number of hydrogen-bond acceptors (Lipinski definition) is 8. The van der Waals surface area contributed by atoms with Gasteiger partial charge in [-0.1, -0.05) is 37.7 Å². The lowest BCUT2D eigenvalue weighted by Crippen LogP contribution is -2.35. The van der Waals surface area contributed by atoms with Crippen LogP contribution in [-0.2, 0) is 11.3 Å². The molecule has 4 rings (SSSR count). The number of thioether (sulfide) groups is 1. The number of nitrogens with one attached hydrogen (secondary N) is 1. The van der Waals surface area contributed by atoms with Crippen LogP contribution < -0.4 is 10.2 Å². The highest BCUT2D eigenvalue weighted by molar-refractivity contribution is 7.99. The third kappa shape index (κ3) is 5.30. The smallest absolute Gasteiger partial charge is 0.237 e. The van der Waals surface area contributed by atoms with Gasteiger partial charge in [-0.05, 0) is 36.8 Å². The van der Waals surface area contributed by atoms with Crippen LogP contribution in [0.25, 0.3) is 0 Å². The summed E-state index contributed by atoms with van der Waals surface area (Å²) in [5.74, 6) is 2.96. The summed E-state index contributed by atoms with van der Waals surface area (Å²) in [7, 11) is 0. The van der Waals surface area contributed by atoms with Crippen LogP contribution in [0.2, 0.25) is 0 Å². The summed E-state index contributed by atoms with van der Waals surface area (Å²) < 4.78 is 12.8. The third-order valence-corrected chi connectivity index (χ3v) is 6.34. The SMILES string of the molecule is CC1CCN(c2nnc(SCC(=O)Nc3cc(C(C)C)no3)n2Cc2ccco2)CC1. The Balaban J connectivity index is 1.44. The number of furan rings is 1. The first-order chi connectivity index (χ1) is 15.0. The zero-order chi connectivity index (χ0) is 21.8. The molecular weight excluding hydrogens is 416 g/mol. The topological polar surface area (TPSA) is 102 Å². The maximum absolute atomic E-state index is 12.4. The van der Waals surface area contributed by atoms with Crippen molar-refractivity contribution in [2.75, 3.05) is 29.1 Å². The molecule has 1 aliphatic heterocycles. The van der Waals surface area contributed by atoms with Crippen molar-refractivity contribution >= 4 is 29.5 Å². The van der Waals surface area contributed by atoms with Crippen molar-refractivity contribution in [3.05, 3.63) is 35.9 Å². The van der Waals surface area contributed by atoms with Crippen molar-refractivity contribution in [2.45, 2.75) is 51.2 Å². The first kappa shape index (κ1) is 21.5. The number of carbonyl (C=O) groups excluding carboxylic acids is 1. The van der Waals surface area contributed by atoms with E-state index in [1.54, 1.807) is 12.3 Å². The highest BCUT2D eigenvalue weighted by Gasteiger charge is 2.24. The van der Waals surface area contributed by atoms with E-state index in [4.69, 9.17) is 8.94 Å². The molecule has 3 aromatic rings. The highest BCUT2D eigenvalue weighted by Crippen LogP contribution is 2.27. The molecule has 0 bridgehead atoms. The molecule has 4 heterocycles. The Kier molecular flexibility index (Phi) is 6.64. The molecule has 0 unspecified atom stereocenters. The fraction of sp³-hybridized carbons (Fsp3) is 0.524. The normalized spacial score (nSPS) is 15.0. The number of aromatic nitrogens is 4. The molecule has 1 N–H and O–H groups in total. The van der Waals surface area contributed by atoms with Crippen LogP contribution in [0.1, 0.15) is 51.0 Å². The molecule has 1 amide bonds. The van der Waals surface area contributed by atoms with Gasteiger partial charge in [0.25, 0.3) is 0 Å². The van der Waals surface area contributed by atoms with Crippen LogP contribution in [-0.4, -0.2) is 44.7 Å². The minimum Gasteiger partial charge on any atom is -0.467 e. The molecule has 0 radical (unpaired) electrons. The summed E-state index contributed by atoms with van der Waals surface area (Å²) in [5.41, 5.74) is 0.807. The maximum Gasteiger partial charge on any atom is 0.237 e. The quantitative estimate of drug-likeness (QED) is 0.520. The average molecular weight is 445 g/mol. The van der Waals surface area contributed by atoms with E-state index in [2.05, 4.69) is 32.5 Å². The molecule has 1 saturated heterocycles. The maximum atomic E-state index is 12.4. The van der Waals surface area contributed by atoms with Crippen LogP contribution >= 0.6 is 11.8 Å². The van der Waals surface area contributed by atoms with E-state index in [1.807, 2.05) is 30.5 Å². The van der Waals surface area contributed by atoms with E-state index in [0.29, 0.717) is 17.6 Å². The minimum absolute atomic E-state index is 0.183. The summed E-state index contributed by atoms with van der Waals surface area (Å²) in [6, 6.07) is 5.55. The summed E-state index contributed by atoms with van der Waals surface area (Å²) in [6.45, 7) is 8.74. The van der Waals surface area contributed by atoms with Gasteiger partial charge in [0.1, 0.15) is 5.76 Å². The van der Waals surface area contributed by atoms with Gasteiger partial charge in [0.05, 0.1) is 24.3 Å². The number of piperidine rings is 1. The molecule has 31 heavy (non-hydrogen) atoms. The fourth-order valence-electron chi connectivity index (χ4n) is 3.45. The Morgan fingerprint density at radius 1 is 1.32 bits per heavy atom. The van der Waals surface area contributed by atoms with E-state index >= 15 is 0 Å². The third-order valence-electron chi connectivity index (χ3n) is 5.37. The predicted molar refractivity (Wildman–Crippen MR) is 118 cm³/mol.